The van der Waals surface area contributed by atoms with Crippen LogP contribution in [-0.2, 0) is 6.54 Å². The molecule has 3 nitrogen and oxygen atoms in total. The fourth-order valence-electron chi connectivity index (χ4n) is 1.89. The van der Waals surface area contributed by atoms with Crippen LogP contribution in [0.4, 0.5) is 0 Å². The molecule has 0 atom stereocenters. The van der Waals surface area contributed by atoms with Crippen molar-refractivity contribution < 1.29 is 4.79 Å². The summed E-state index contributed by atoms with van der Waals surface area (Å²) in [5.41, 5.74) is 1.03. The van der Waals surface area contributed by atoms with E-state index in [1.54, 1.807) is 23.8 Å². The molecule has 0 bridgehead atoms. The van der Waals surface area contributed by atoms with Crippen molar-refractivity contribution in [3.8, 4) is 0 Å². The van der Waals surface area contributed by atoms with Crippen molar-refractivity contribution in [3.63, 3.8) is 0 Å². The van der Waals surface area contributed by atoms with Gasteiger partial charge in [0.05, 0.1) is 12.1 Å². The van der Waals surface area contributed by atoms with E-state index in [-0.39, 0.29) is 16.9 Å². The molecule has 0 spiro atoms. The number of benzene rings is 1. The van der Waals surface area contributed by atoms with Crippen LogP contribution in [0.5, 0.6) is 0 Å². The predicted octanol–water partition coefficient (Wildman–Crippen LogP) is 3.25. The minimum absolute atomic E-state index is 0.131. The zero-order valence-corrected chi connectivity index (χ0v) is 12.2. The van der Waals surface area contributed by atoms with Crippen LogP contribution in [0.1, 0.15) is 29.3 Å². The van der Waals surface area contributed by atoms with Gasteiger partial charge in [0.15, 0.2) is 5.78 Å². The number of ketones is 1. The van der Waals surface area contributed by atoms with Gasteiger partial charge in [-0.25, -0.2) is 0 Å². The van der Waals surface area contributed by atoms with Crippen molar-refractivity contribution in [2.24, 2.45) is 0 Å². The van der Waals surface area contributed by atoms with Gasteiger partial charge in [0.2, 0.25) is 0 Å². The number of nitrogens with zero attached hydrogens (tertiary/aromatic N) is 1. The Morgan fingerprint density at radius 2 is 1.95 bits per heavy atom. The lowest BCUT2D eigenvalue weighted by molar-refractivity contribution is 0.0986. The van der Waals surface area contributed by atoms with Crippen molar-refractivity contribution in [2.75, 3.05) is 0 Å². The molecule has 98 valence electrons. The van der Waals surface area contributed by atoms with Gasteiger partial charge in [0.1, 0.15) is 0 Å². The highest BCUT2D eigenvalue weighted by Gasteiger charge is 2.12. The molecule has 0 aliphatic heterocycles. The number of Topliss-reactive ketones (excluding diaryl/α,β-unsaturated/α-hetero) is 1. The normalized spacial score (nSPS) is 10.4. The third-order valence-electron chi connectivity index (χ3n) is 2.87. The average molecular weight is 320 g/mol. The predicted molar refractivity (Wildman–Crippen MR) is 78.6 cm³/mol. The summed E-state index contributed by atoms with van der Waals surface area (Å²) in [4.78, 5) is 24.0. The van der Waals surface area contributed by atoms with E-state index in [4.69, 9.17) is 0 Å². The first-order valence-corrected chi connectivity index (χ1v) is 6.88. The smallest absolute Gasteiger partial charge is 0.261 e. The van der Waals surface area contributed by atoms with Crippen LogP contribution in [-0.4, -0.2) is 10.4 Å². The maximum Gasteiger partial charge on any atom is 0.261 e. The largest absolute Gasteiger partial charge is 0.309 e. The third kappa shape index (κ3) is 3.20. The lowest BCUT2D eigenvalue weighted by Crippen LogP contribution is -2.26. The van der Waals surface area contributed by atoms with E-state index in [1.165, 1.54) is 0 Å². The maximum atomic E-state index is 12.2. The van der Waals surface area contributed by atoms with Gasteiger partial charge in [-0.3, -0.25) is 9.59 Å². The molecular weight excluding hydrogens is 306 g/mol. The Morgan fingerprint density at radius 3 is 2.58 bits per heavy atom. The van der Waals surface area contributed by atoms with Crippen molar-refractivity contribution in [1.29, 1.82) is 0 Å². The van der Waals surface area contributed by atoms with Crippen molar-refractivity contribution in [1.82, 2.24) is 4.57 Å². The van der Waals surface area contributed by atoms with Gasteiger partial charge < -0.3 is 4.57 Å². The van der Waals surface area contributed by atoms with Gasteiger partial charge >= 0.3 is 0 Å². The molecule has 4 heteroatoms. The Balaban J connectivity index is 2.44. The molecule has 0 saturated carbocycles. The number of pyridine rings is 1. The van der Waals surface area contributed by atoms with Crippen molar-refractivity contribution in [3.05, 3.63) is 68.5 Å². The molecule has 1 aromatic carbocycles. The van der Waals surface area contributed by atoms with Crippen LogP contribution in [0.15, 0.2) is 51.9 Å². The molecule has 1 heterocycles. The second kappa shape index (κ2) is 5.97. The number of hydrogen-bond acceptors (Lipinski definition) is 2. The van der Waals surface area contributed by atoms with Crippen LogP contribution < -0.4 is 5.56 Å². The molecule has 0 saturated heterocycles. The number of carbonyl (C=O) groups is 1. The first kappa shape index (κ1) is 13.7. The second-order valence-corrected chi connectivity index (χ2v) is 5.18. The van der Waals surface area contributed by atoms with Gasteiger partial charge in [-0.1, -0.05) is 37.3 Å². The highest BCUT2D eigenvalue weighted by molar-refractivity contribution is 9.10. The number of aromatic nitrogens is 1. The lowest BCUT2D eigenvalue weighted by Gasteiger charge is -2.08. The zero-order valence-electron chi connectivity index (χ0n) is 10.6. The third-order valence-corrected chi connectivity index (χ3v) is 3.30. The van der Waals surface area contributed by atoms with E-state index in [2.05, 4.69) is 15.9 Å². The van der Waals surface area contributed by atoms with E-state index in [9.17, 15) is 9.59 Å². The SMILES string of the molecule is CCC(=O)c1cc(Br)cn(Cc2ccccc2)c1=O. The monoisotopic (exact) mass is 319 g/mol. The summed E-state index contributed by atoms with van der Waals surface area (Å²) in [7, 11) is 0. The van der Waals surface area contributed by atoms with Crippen molar-refractivity contribution >= 4 is 21.7 Å². The van der Waals surface area contributed by atoms with Crippen molar-refractivity contribution in [2.45, 2.75) is 19.9 Å². The molecule has 2 aromatic rings. The Hall–Kier alpha value is -1.68. The molecule has 0 radical (unpaired) electrons. The Morgan fingerprint density at radius 1 is 1.26 bits per heavy atom. The minimum atomic E-state index is -0.237. The van der Waals surface area contributed by atoms with Gasteiger partial charge in [0.25, 0.3) is 5.56 Å². The molecule has 1 aromatic heterocycles. The topological polar surface area (TPSA) is 39.1 Å². The van der Waals surface area contributed by atoms with Gasteiger partial charge in [0, 0.05) is 17.1 Å². The van der Waals surface area contributed by atoms with Crippen LogP contribution in [0.2, 0.25) is 0 Å². The molecule has 0 aliphatic rings. The molecule has 0 fully saturated rings. The Bertz CT molecular complexity index is 647. The first-order chi connectivity index (χ1) is 9.11. The minimum Gasteiger partial charge on any atom is -0.309 e. The molecule has 0 unspecified atom stereocenters. The molecule has 0 aliphatic carbocycles. The van der Waals surface area contributed by atoms with Gasteiger partial charge in [-0.2, -0.15) is 0 Å². The molecule has 19 heavy (non-hydrogen) atoms. The fraction of sp³-hybridized carbons (Fsp3) is 0.200. The standard InChI is InChI=1S/C15H14BrNO2/c1-2-14(18)13-8-12(16)10-17(15(13)19)9-11-6-4-3-5-7-11/h3-8,10H,2,9H2,1H3. The summed E-state index contributed by atoms with van der Waals surface area (Å²) < 4.78 is 2.29. The molecule has 0 N–H and O–H groups in total. The fourth-order valence-corrected chi connectivity index (χ4v) is 2.36. The summed E-state index contributed by atoms with van der Waals surface area (Å²) in [6, 6.07) is 11.3. The highest BCUT2D eigenvalue weighted by Crippen LogP contribution is 2.11. The van der Waals surface area contributed by atoms with E-state index < -0.39 is 0 Å². The van der Waals surface area contributed by atoms with Crippen LogP contribution in [0.25, 0.3) is 0 Å². The summed E-state index contributed by atoms with van der Waals surface area (Å²) >= 11 is 3.35. The highest BCUT2D eigenvalue weighted by atomic mass is 79.9. The molecule has 0 amide bonds. The van der Waals surface area contributed by atoms with E-state index in [0.29, 0.717) is 13.0 Å². The summed E-state index contributed by atoms with van der Waals surface area (Å²) in [5.74, 6) is -0.131. The lowest BCUT2D eigenvalue weighted by atomic mass is 10.1. The van der Waals surface area contributed by atoms with Crippen LogP contribution in [0.3, 0.4) is 0 Å². The molecular formula is C15H14BrNO2. The van der Waals surface area contributed by atoms with E-state index in [0.717, 1.165) is 10.0 Å². The van der Waals surface area contributed by atoms with Crippen LogP contribution in [0, 0.1) is 0 Å². The van der Waals surface area contributed by atoms with E-state index in [1.807, 2.05) is 30.3 Å². The first-order valence-electron chi connectivity index (χ1n) is 6.09. The Labute approximate surface area is 120 Å². The number of hydrogen-bond donors (Lipinski definition) is 0. The second-order valence-electron chi connectivity index (χ2n) is 4.27. The quantitative estimate of drug-likeness (QED) is 0.811. The average Bonchev–Trinajstić information content (AvgIpc) is 2.42. The zero-order chi connectivity index (χ0) is 13.8. The number of rotatable bonds is 4. The Kier molecular flexibility index (Phi) is 4.32. The summed E-state index contributed by atoms with van der Waals surface area (Å²) in [6.45, 7) is 2.22. The number of halogens is 1. The maximum absolute atomic E-state index is 12.2. The molecule has 2 rings (SSSR count). The van der Waals surface area contributed by atoms with Gasteiger partial charge in [-0.15, -0.1) is 0 Å². The van der Waals surface area contributed by atoms with Crippen LogP contribution >= 0.6 is 15.9 Å². The number of carbonyl (C=O) groups excluding carboxylic acids is 1. The van der Waals surface area contributed by atoms with Gasteiger partial charge in [-0.05, 0) is 27.6 Å². The summed E-state index contributed by atoms with van der Waals surface area (Å²) in [6.07, 6.45) is 2.04. The van der Waals surface area contributed by atoms with E-state index >= 15 is 0 Å². The summed E-state index contributed by atoms with van der Waals surface area (Å²) in [5, 5.41) is 0.